The molecular weight excluding hydrogens is 292 g/mol. The van der Waals surface area contributed by atoms with Crippen LogP contribution in [0.2, 0.25) is 0 Å². The van der Waals surface area contributed by atoms with Crippen molar-refractivity contribution in [3.63, 3.8) is 0 Å². The Labute approximate surface area is 115 Å². The second-order valence-corrected chi connectivity index (χ2v) is 4.01. The standard InChI is InChI=1S/C8H7BrO.C7H6O/c9-6-8(10)7-4-2-1-3-5-7;8-6-7-4-2-1-3-5-7/h1-5H,6H2;1-6H. The molecule has 2 aromatic rings. The van der Waals surface area contributed by atoms with Crippen LogP contribution < -0.4 is 0 Å². The summed E-state index contributed by atoms with van der Waals surface area (Å²) in [5, 5.41) is 0.400. The Morgan fingerprint density at radius 3 is 1.83 bits per heavy atom. The minimum atomic E-state index is 0.126. The van der Waals surface area contributed by atoms with Crippen molar-refractivity contribution in [1.82, 2.24) is 0 Å². The van der Waals surface area contributed by atoms with Gasteiger partial charge in [-0.05, 0) is 0 Å². The molecule has 18 heavy (non-hydrogen) atoms. The molecule has 0 N–H and O–H groups in total. The molecule has 0 aliphatic heterocycles. The molecule has 2 aromatic carbocycles. The number of carbonyl (C=O) groups excluding carboxylic acids is 2. The zero-order valence-electron chi connectivity index (χ0n) is 9.75. The van der Waals surface area contributed by atoms with Crippen LogP contribution in [0.1, 0.15) is 20.7 Å². The highest BCUT2D eigenvalue weighted by Gasteiger charge is 1.99. The van der Waals surface area contributed by atoms with Gasteiger partial charge in [0.25, 0.3) is 0 Å². The van der Waals surface area contributed by atoms with E-state index < -0.39 is 0 Å². The first-order chi connectivity index (χ1) is 8.77. The Hall–Kier alpha value is -1.74. The Morgan fingerprint density at radius 2 is 1.44 bits per heavy atom. The third-order valence-electron chi connectivity index (χ3n) is 2.15. The molecule has 0 heterocycles. The van der Waals surface area contributed by atoms with Gasteiger partial charge in [-0.1, -0.05) is 76.6 Å². The minimum absolute atomic E-state index is 0.126. The molecule has 3 heteroatoms. The highest BCUT2D eigenvalue weighted by Crippen LogP contribution is 2.01. The second-order valence-electron chi connectivity index (χ2n) is 3.45. The van der Waals surface area contributed by atoms with Crippen LogP contribution in [0.15, 0.2) is 60.7 Å². The monoisotopic (exact) mass is 304 g/mol. The topological polar surface area (TPSA) is 34.1 Å². The lowest BCUT2D eigenvalue weighted by Crippen LogP contribution is -1.98. The maximum atomic E-state index is 11.0. The number of hydrogen-bond acceptors (Lipinski definition) is 2. The van der Waals surface area contributed by atoms with Gasteiger partial charge in [0, 0.05) is 11.1 Å². The normalized spacial score (nSPS) is 8.94. The molecular formula is C15H13BrO2. The predicted octanol–water partition coefficient (Wildman–Crippen LogP) is 3.76. The van der Waals surface area contributed by atoms with Gasteiger partial charge < -0.3 is 0 Å². The van der Waals surface area contributed by atoms with E-state index in [1.165, 1.54) is 0 Å². The molecule has 0 unspecified atom stereocenters. The molecule has 0 bridgehead atoms. The van der Waals surface area contributed by atoms with Crippen LogP contribution in [0.25, 0.3) is 0 Å². The summed E-state index contributed by atoms with van der Waals surface area (Å²) in [5.74, 6) is 0.126. The van der Waals surface area contributed by atoms with Gasteiger partial charge in [-0.3, -0.25) is 9.59 Å². The van der Waals surface area contributed by atoms with E-state index in [9.17, 15) is 9.59 Å². The molecule has 0 saturated carbocycles. The molecule has 0 aliphatic rings. The lowest BCUT2D eigenvalue weighted by Gasteiger charge is -1.92. The van der Waals surface area contributed by atoms with Crippen molar-refractivity contribution in [3.8, 4) is 0 Å². The molecule has 2 rings (SSSR count). The molecule has 0 amide bonds. The van der Waals surface area contributed by atoms with E-state index in [2.05, 4.69) is 15.9 Å². The number of aldehydes is 1. The highest BCUT2D eigenvalue weighted by molar-refractivity contribution is 9.09. The quantitative estimate of drug-likeness (QED) is 0.491. The van der Waals surface area contributed by atoms with Crippen molar-refractivity contribution in [2.24, 2.45) is 0 Å². The molecule has 0 aromatic heterocycles. The van der Waals surface area contributed by atoms with Gasteiger partial charge in [-0.2, -0.15) is 0 Å². The fourth-order valence-electron chi connectivity index (χ4n) is 1.23. The maximum Gasteiger partial charge on any atom is 0.173 e. The molecule has 0 spiro atoms. The van der Waals surface area contributed by atoms with Crippen molar-refractivity contribution in [3.05, 3.63) is 71.8 Å². The van der Waals surface area contributed by atoms with E-state index in [0.29, 0.717) is 5.33 Å². The number of rotatable bonds is 3. The van der Waals surface area contributed by atoms with Gasteiger partial charge in [0.1, 0.15) is 6.29 Å². The van der Waals surface area contributed by atoms with Gasteiger partial charge in [0.2, 0.25) is 0 Å². The number of alkyl halides is 1. The average molecular weight is 305 g/mol. The minimum Gasteiger partial charge on any atom is -0.298 e. The van der Waals surface area contributed by atoms with E-state index in [-0.39, 0.29) is 5.78 Å². The van der Waals surface area contributed by atoms with Crippen LogP contribution >= 0.6 is 15.9 Å². The Morgan fingerprint density at radius 1 is 0.944 bits per heavy atom. The zero-order chi connectivity index (χ0) is 13.2. The molecule has 0 radical (unpaired) electrons. The van der Waals surface area contributed by atoms with E-state index in [4.69, 9.17) is 0 Å². The maximum absolute atomic E-state index is 11.0. The first-order valence-corrected chi connectivity index (χ1v) is 6.54. The van der Waals surface area contributed by atoms with Crippen LogP contribution in [0.4, 0.5) is 0 Å². The number of ketones is 1. The lowest BCUT2D eigenvalue weighted by molar-refractivity contribution is 0.102. The van der Waals surface area contributed by atoms with Crippen molar-refractivity contribution >= 4 is 28.0 Å². The summed E-state index contributed by atoms with van der Waals surface area (Å²) < 4.78 is 0. The van der Waals surface area contributed by atoms with Crippen LogP contribution in [-0.4, -0.2) is 17.4 Å². The molecule has 0 fully saturated rings. The summed E-state index contributed by atoms with van der Waals surface area (Å²) in [4.78, 5) is 21.0. The summed E-state index contributed by atoms with van der Waals surface area (Å²) in [6.07, 6.45) is 0.833. The first kappa shape index (κ1) is 14.3. The molecule has 92 valence electrons. The van der Waals surface area contributed by atoms with Crippen molar-refractivity contribution in [1.29, 1.82) is 0 Å². The lowest BCUT2D eigenvalue weighted by atomic mass is 10.2. The predicted molar refractivity (Wildman–Crippen MR) is 76.4 cm³/mol. The molecule has 2 nitrogen and oxygen atoms in total. The zero-order valence-corrected chi connectivity index (χ0v) is 11.3. The van der Waals surface area contributed by atoms with Crippen molar-refractivity contribution < 1.29 is 9.59 Å². The molecule has 0 aliphatic carbocycles. The summed E-state index contributed by atoms with van der Waals surface area (Å²) in [5.41, 5.74) is 1.49. The average Bonchev–Trinajstić information content (AvgIpc) is 2.49. The van der Waals surface area contributed by atoms with Gasteiger partial charge >= 0.3 is 0 Å². The summed E-state index contributed by atoms with van der Waals surface area (Å²) in [6, 6.07) is 18.3. The number of halogens is 1. The van der Waals surface area contributed by atoms with Gasteiger partial charge in [-0.25, -0.2) is 0 Å². The van der Waals surface area contributed by atoms with Gasteiger partial charge in [-0.15, -0.1) is 0 Å². The van der Waals surface area contributed by atoms with Gasteiger partial charge in [0.15, 0.2) is 5.78 Å². The number of hydrogen-bond donors (Lipinski definition) is 0. The Bertz CT molecular complexity index is 480. The van der Waals surface area contributed by atoms with E-state index in [0.717, 1.165) is 17.4 Å². The largest absolute Gasteiger partial charge is 0.298 e. The number of benzene rings is 2. The van der Waals surface area contributed by atoms with Gasteiger partial charge in [0.05, 0.1) is 5.33 Å². The van der Waals surface area contributed by atoms with Crippen LogP contribution in [0.5, 0.6) is 0 Å². The Kier molecular flexibility index (Phi) is 6.66. The van der Waals surface area contributed by atoms with Crippen molar-refractivity contribution in [2.45, 2.75) is 0 Å². The summed E-state index contributed by atoms with van der Waals surface area (Å²) in [6.45, 7) is 0. The number of Topliss-reactive ketones (excluding diaryl/α,β-unsaturated/α-hetero) is 1. The second kappa shape index (κ2) is 8.37. The van der Waals surface area contributed by atoms with Crippen LogP contribution in [0.3, 0.4) is 0 Å². The fourth-order valence-corrected chi connectivity index (χ4v) is 1.56. The summed E-state index contributed by atoms with van der Waals surface area (Å²) in [7, 11) is 0. The number of carbonyl (C=O) groups is 2. The third kappa shape index (κ3) is 5.06. The Balaban J connectivity index is 0.000000184. The van der Waals surface area contributed by atoms with E-state index >= 15 is 0 Å². The third-order valence-corrected chi connectivity index (χ3v) is 2.66. The first-order valence-electron chi connectivity index (χ1n) is 5.42. The van der Waals surface area contributed by atoms with E-state index in [1.807, 2.05) is 48.5 Å². The van der Waals surface area contributed by atoms with Crippen LogP contribution in [-0.2, 0) is 0 Å². The van der Waals surface area contributed by atoms with Crippen LogP contribution in [0, 0.1) is 0 Å². The highest BCUT2D eigenvalue weighted by atomic mass is 79.9. The SMILES string of the molecule is O=C(CBr)c1ccccc1.O=Cc1ccccc1. The molecule has 0 atom stereocenters. The molecule has 0 saturated heterocycles. The fraction of sp³-hybridized carbons (Fsp3) is 0.0667. The van der Waals surface area contributed by atoms with E-state index in [1.54, 1.807) is 12.1 Å². The summed E-state index contributed by atoms with van der Waals surface area (Å²) >= 11 is 3.10. The smallest absolute Gasteiger partial charge is 0.173 e. The van der Waals surface area contributed by atoms with Crippen molar-refractivity contribution in [2.75, 3.05) is 5.33 Å².